The van der Waals surface area contributed by atoms with Crippen LogP contribution in [0.5, 0.6) is 5.75 Å². The molecule has 2 aromatic carbocycles. The highest BCUT2D eigenvalue weighted by Gasteiger charge is 2.45. The molecule has 1 amide bonds. The Balaban J connectivity index is 1.32. The lowest BCUT2D eigenvalue weighted by molar-refractivity contribution is -0.120. The van der Waals surface area contributed by atoms with Crippen LogP contribution in [-0.4, -0.2) is 41.9 Å². The van der Waals surface area contributed by atoms with E-state index >= 15 is 0 Å². The largest absolute Gasteiger partial charge is 0.487 e. The summed E-state index contributed by atoms with van der Waals surface area (Å²) < 4.78 is 12.4. The lowest BCUT2D eigenvalue weighted by Crippen LogP contribution is -2.52. The maximum Gasteiger partial charge on any atom is 0.217 e. The minimum atomic E-state index is -0.714. The van der Waals surface area contributed by atoms with E-state index in [1.54, 1.807) is 0 Å². The molecule has 34 heavy (non-hydrogen) atoms. The highest BCUT2D eigenvalue weighted by molar-refractivity contribution is 5.73. The van der Waals surface area contributed by atoms with E-state index in [-0.39, 0.29) is 29.7 Å². The number of fused-ring (bicyclic) bond motifs is 1. The molecular weight excluding hydrogens is 428 g/mol. The molecule has 0 unspecified atom stereocenters. The Morgan fingerprint density at radius 2 is 2.00 bits per heavy atom. The van der Waals surface area contributed by atoms with Crippen LogP contribution in [0.4, 0.5) is 0 Å². The zero-order valence-corrected chi connectivity index (χ0v) is 20.0. The standard InChI is InChI=1S/C28H36N2O4/c1-19(31)30-23(15-20-7-3-2-4-8-20)25(32)18-29-24-17-28(12-6-13-28)34-27-11-10-21(16-22(24)27)26-9-5-14-33-26/h2-4,7-8,10-11,16,23-26,29,32H,5-6,9,12-15,17-18H2,1H3,(H,30,31)/t23-,24-,25+,26+/m0/s1. The summed E-state index contributed by atoms with van der Waals surface area (Å²) in [4.78, 5) is 11.8. The van der Waals surface area contributed by atoms with Gasteiger partial charge in [0.05, 0.1) is 18.2 Å². The molecule has 182 valence electrons. The van der Waals surface area contributed by atoms with Gasteiger partial charge >= 0.3 is 0 Å². The van der Waals surface area contributed by atoms with Gasteiger partial charge in [0.2, 0.25) is 5.91 Å². The normalized spacial score (nSPS) is 24.5. The fourth-order valence-corrected chi connectivity index (χ4v) is 5.61. The van der Waals surface area contributed by atoms with Gasteiger partial charge in [-0.05, 0) is 61.8 Å². The second-order valence-corrected chi connectivity index (χ2v) is 10.2. The molecule has 3 aliphatic rings. The van der Waals surface area contributed by atoms with Crippen LogP contribution in [0.25, 0.3) is 0 Å². The van der Waals surface area contributed by atoms with E-state index in [1.807, 2.05) is 30.3 Å². The number of hydrogen-bond acceptors (Lipinski definition) is 5. The van der Waals surface area contributed by atoms with Gasteiger partial charge in [0, 0.05) is 38.1 Å². The number of aliphatic hydroxyl groups excluding tert-OH is 1. The quantitative estimate of drug-likeness (QED) is 0.551. The van der Waals surface area contributed by atoms with E-state index in [4.69, 9.17) is 9.47 Å². The van der Waals surface area contributed by atoms with Crippen LogP contribution in [0.3, 0.4) is 0 Å². The Kier molecular flexibility index (Phi) is 6.91. The Bertz CT molecular complexity index is 985. The van der Waals surface area contributed by atoms with E-state index in [2.05, 4.69) is 28.8 Å². The summed E-state index contributed by atoms with van der Waals surface area (Å²) in [6.07, 6.45) is 6.42. The van der Waals surface area contributed by atoms with Gasteiger partial charge in [0.25, 0.3) is 0 Å². The van der Waals surface area contributed by atoms with Gasteiger partial charge in [-0.15, -0.1) is 0 Å². The van der Waals surface area contributed by atoms with Gasteiger partial charge in [-0.25, -0.2) is 0 Å². The minimum Gasteiger partial charge on any atom is -0.487 e. The van der Waals surface area contributed by atoms with E-state index in [1.165, 1.54) is 18.9 Å². The molecular formula is C28H36N2O4. The molecule has 0 bridgehead atoms. The summed E-state index contributed by atoms with van der Waals surface area (Å²) >= 11 is 0. The Morgan fingerprint density at radius 3 is 2.68 bits per heavy atom. The summed E-state index contributed by atoms with van der Waals surface area (Å²) in [5.41, 5.74) is 3.35. The highest BCUT2D eigenvalue weighted by Crippen LogP contribution is 2.49. The molecule has 1 spiro atoms. The number of hydrogen-bond donors (Lipinski definition) is 3. The van der Waals surface area contributed by atoms with E-state index in [9.17, 15) is 9.90 Å². The minimum absolute atomic E-state index is 0.0924. The van der Waals surface area contributed by atoms with Gasteiger partial charge in [0.1, 0.15) is 11.4 Å². The zero-order chi connectivity index (χ0) is 23.5. The summed E-state index contributed by atoms with van der Waals surface area (Å²) in [7, 11) is 0. The van der Waals surface area contributed by atoms with Crippen LogP contribution in [0, 0.1) is 0 Å². The second-order valence-electron chi connectivity index (χ2n) is 10.2. The molecule has 6 heteroatoms. The molecule has 1 saturated carbocycles. The number of benzene rings is 2. The highest BCUT2D eigenvalue weighted by atomic mass is 16.5. The molecule has 6 nitrogen and oxygen atoms in total. The van der Waals surface area contributed by atoms with Crippen molar-refractivity contribution in [1.29, 1.82) is 0 Å². The predicted molar refractivity (Wildman–Crippen MR) is 131 cm³/mol. The van der Waals surface area contributed by atoms with Crippen LogP contribution in [0.1, 0.15) is 74.3 Å². The van der Waals surface area contributed by atoms with Crippen molar-refractivity contribution in [2.45, 2.75) is 81.8 Å². The third-order valence-electron chi connectivity index (χ3n) is 7.60. The van der Waals surface area contributed by atoms with Crippen LogP contribution >= 0.6 is 0 Å². The topological polar surface area (TPSA) is 79.8 Å². The van der Waals surface area contributed by atoms with E-state index < -0.39 is 6.10 Å². The van der Waals surface area contributed by atoms with Crippen LogP contribution in [0.2, 0.25) is 0 Å². The molecule has 2 aromatic rings. The van der Waals surface area contributed by atoms with Crippen molar-refractivity contribution in [1.82, 2.24) is 10.6 Å². The van der Waals surface area contributed by atoms with Crippen molar-refractivity contribution in [3.8, 4) is 5.75 Å². The molecule has 1 saturated heterocycles. The predicted octanol–water partition coefficient (Wildman–Crippen LogP) is 3.98. The molecule has 2 fully saturated rings. The fourth-order valence-electron chi connectivity index (χ4n) is 5.61. The first-order chi connectivity index (χ1) is 16.5. The molecule has 0 radical (unpaired) electrons. The van der Waals surface area contributed by atoms with Crippen LogP contribution < -0.4 is 15.4 Å². The smallest absolute Gasteiger partial charge is 0.217 e. The van der Waals surface area contributed by atoms with Gasteiger partial charge in [-0.2, -0.15) is 0 Å². The number of amides is 1. The first-order valence-corrected chi connectivity index (χ1v) is 12.7. The lowest BCUT2D eigenvalue weighted by Gasteiger charge is -2.48. The van der Waals surface area contributed by atoms with Crippen molar-refractivity contribution in [2.24, 2.45) is 0 Å². The maximum absolute atomic E-state index is 11.8. The van der Waals surface area contributed by atoms with Crippen molar-refractivity contribution < 1.29 is 19.4 Å². The Morgan fingerprint density at radius 1 is 1.18 bits per heavy atom. The van der Waals surface area contributed by atoms with Crippen LogP contribution in [-0.2, 0) is 16.0 Å². The number of carbonyl (C=O) groups excluding carboxylic acids is 1. The third-order valence-corrected chi connectivity index (χ3v) is 7.60. The average Bonchev–Trinajstić information content (AvgIpc) is 3.36. The molecule has 5 rings (SSSR count). The summed E-state index contributed by atoms with van der Waals surface area (Å²) in [6.45, 7) is 2.71. The molecule has 3 N–H and O–H groups in total. The zero-order valence-electron chi connectivity index (χ0n) is 20.0. The van der Waals surface area contributed by atoms with E-state index in [0.717, 1.165) is 55.6 Å². The average molecular weight is 465 g/mol. The second kappa shape index (κ2) is 10.1. The van der Waals surface area contributed by atoms with Crippen molar-refractivity contribution in [2.75, 3.05) is 13.2 Å². The number of nitrogens with one attached hydrogen (secondary N) is 2. The van der Waals surface area contributed by atoms with Gasteiger partial charge < -0.3 is 25.2 Å². The summed E-state index contributed by atoms with van der Waals surface area (Å²) in [5, 5.41) is 17.7. The van der Waals surface area contributed by atoms with Crippen molar-refractivity contribution in [3.05, 3.63) is 65.2 Å². The fraction of sp³-hybridized carbons (Fsp3) is 0.536. The van der Waals surface area contributed by atoms with Gasteiger partial charge in [-0.3, -0.25) is 4.79 Å². The Labute approximate surface area is 202 Å². The Hall–Kier alpha value is -2.41. The van der Waals surface area contributed by atoms with Gasteiger partial charge in [0.15, 0.2) is 0 Å². The number of aliphatic hydroxyl groups is 1. The molecule has 2 heterocycles. The van der Waals surface area contributed by atoms with Crippen LogP contribution in [0.15, 0.2) is 48.5 Å². The maximum atomic E-state index is 11.8. The SMILES string of the molecule is CC(=O)N[C@@H](Cc1ccccc1)[C@H](O)CN[C@H]1CC2(CCC2)Oc2ccc([C@H]3CCCO3)cc21. The number of rotatable bonds is 8. The van der Waals surface area contributed by atoms with Crippen molar-refractivity contribution >= 4 is 5.91 Å². The lowest BCUT2D eigenvalue weighted by atomic mass is 9.72. The molecule has 4 atom stereocenters. The van der Waals surface area contributed by atoms with Crippen molar-refractivity contribution in [3.63, 3.8) is 0 Å². The number of ether oxygens (including phenoxy) is 2. The molecule has 2 aliphatic heterocycles. The van der Waals surface area contributed by atoms with Gasteiger partial charge in [-0.1, -0.05) is 36.4 Å². The first kappa shape index (κ1) is 23.3. The summed E-state index contributed by atoms with van der Waals surface area (Å²) in [5.74, 6) is 0.813. The molecule has 0 aromatic heterocycles. The monoisotopic (exact) mass is 464 g/mol. The first-order valence-electron chi connectivity index (χ1n) is 12.7. The summed E-state index contributed by atoms with van der Waals surface area (Å²) in [6, 6.07) is 16.2. The van der Waals surface area contributed by atoms with E-state index in [0.29, 0.717) is 13.0 Å². The third kappa shape index (κ3) is 5.14. The molecule has 1 aliphatic carbocycles. The number of carbonyl (C=O) groups is 1.